The van der Waals surface area contributed by atoms with Crippen LogP contribution in [0.4, 0.5) is 19.3 Å². The molecule has 1 aliphatic rings. The molecule has 1 saturated heterocycles. The Morgan fingerprint density at radius 3 is 2.37 bits per heavy atom. The summed E-state index contributed by atoms with van der Waals surface area (Å²) >= 11 is 0. The number of rotatable bonds is 6. The molecule has 1 amide bonds. The number of carbonyl (C=O) groups is 1. The molecule has 0 radical (unpaired) electrons. The summed E-state index contributed by atoms with van der Waals surface area (Å²) in [4.78, 5) is 39.5. The van der Waals surface area contributed by atoms with Crippen molar-refractivity contribution in [2.45, 2.75) is 70.9 Å². The second kappa shape index (κ2) is 13.0. The number of anilines is 1. The van der Waals surface area contributed by atoms with Crippen molar-refractivity contribution < 1.29 is 31.5 Å². The highest BCUT2D eigenvalue weighted by Gasteiger charge is 2.36. The van der Waals surface area contributed by atoms with E-state index in [1.165, 1.54) is 24.1 Å². The number of ether oxygens (including phenoxy) is 2. The molecule has 14 heteroatoms. The average Bonchev–Trinajstić information content (AvgIpc) is 2.99. The van der Waals surface area contributed by atoms with Gasteiger partial charge in [0.05, 0.1) is 29.7 Å². The number of hydrogen-bond acceptors (Lipinski definition) is 9. The lowest BCUT2D eigenvalue weighted by Gasteiger charge is -2.42. The van der Waals surface area contributed by atoms with E-state index in [1.54, 1.807) is 51.8 Å². The van der Waals surface area contributed by atoms with E-state index in [9.17, 15) is 18.0 Å². The molecule has 49 heavy (non-hydrogen) atoms. The molecule has 4 aromatic rings. The van der Waals surface area contributed by atoms with Crippen LogP contribution in [0.3, 0.4) is 0 Å². The molecule has 11 nitrogen and oxygen atoms in total. The Kier molecular flexibility index (Phi) is 9.50. The molecule has 1 aliphatic heterocycles. The number of fused-ring (bicyclic) bond motifs is 1. The van der Waals surface area contributed by atoms with Gasteiger partial charge >= 0.3 is 6.09 Å². The van der Waals surface area contributed by atoms with Crippen molar-refractivity contribution in [3.8, 4) is 22.7 Å². The molecule has 0 unspecified atom stereocenters. The summed E-state index contributed by atoms with van der Waals surface area (Å²) in [5.41, 5.74) is -1.15. The molecule has 0 N–H and O–H groups in total. The molecule has 3 aromatic heterocycles. The lowest BCUT2D eigenvalue weighted by Crippen LogP contribution is -2.55. The van der Waals surface area contributed by atoms with Gasteiger partial charge in [-0.3, -0.25) is 14.3 Å². The van der Waals surface area contributed by atoms with Gasteiger partial charge in [0.25, 0.3) is 5.56 Å². The second-order valence-electron chi connectivity index (χ2n) is 13.6. The third-order valence-electron chi connectivity index (χ3n) is 8.33. The smallest absolute Gasteiger partial charge is 0.410 e. The highest BCUT2D eigenvalue weighted by molar-refractivity contribution is 7.90. The Morgan fingerprint density at radius 1 is 1.08 bits per heavy atom. The van der Waals surface area contributed by atoms with Crippen molar-refractivity contribution in [2.24, 2.45) is 0 Å². The topological polar surface area (TPSA) is 124 Å². The minimum absolute atomic E-state index is 0.00691. The maximum absolute atomic E-state index is 16.4. The average molecular weight is 698 g/mol. The highest BCUT2D eigenvalue weighted by atomic mass is 32.2. The molecule has 1 fully saturated rings. The number of amides is 1. The zero-order valence-electron chi connectivity index (χ0n) is 29.1. The van der Waals surface area contributed by atoms with Gasteiger partial charge in [-0.15, -0.1) is 0 Å². The summed E-state index contributed by atoms with van der Waals surface area (Å²) in [6, 6.07) is 6.28. The predicted molar refractivity (Wildman–Crippen MR) is 184 cm³/mol. The summed E-state index contributed by atoms with van der Waals surface area (Å²) < 4.78 is 71.1. The van der Waals surface area contributed by atoms with Crippen LogP contribution in [0.25, 0.3) is 28.0 Å². The van der Waals surface area contributed by atoms with Gasteiger partial charge in [0.1, 0.15) is 22.9 Å². The van der Waals surface area contributed by atoms with E-state index >= 15 is 8.78 Å². The van der Waals surface area contributed by atoms with E-state index in [2.05, 4.69) is 9.97 Å². The number of aryl methyl sites for hydroxylation is 1. The first-order valence-corrected chi connectivity index (χ1v) is 17.8. The molecule has 0 saturated carbocycles. The number of carbonyl (C=O) groups excluding carboxylic acids is 1. The van der Waals surface area contributed by atoms with Gasteiger partial charge in [-0.2, -0.15) is 0 Å². The summed E-state index contributed by atoms with van der Waals surface area (Å²) in [5, 5.41) is 0.00691. The molecule has 1 atom stereocenters. The van der Waals surface area contributed by atoms with Gasteiger partial charge in [0.15, 0.2) is 26.2 Å². The molecular weight excluding hydrogens is 656 g/mol. The van der Waals surface area contributed by atoms with Gasteiger partial charge in [-0.25, -0.2) is 27.0 Å². The third kappa shape index (κ3) is 6.70. The van der Waals surface area contributed by atoms with Crippen LogP contribution >= 0.6 is 0 Å². The van der Waals surface area contributed by atoms with E-state index in [0.29, 0.717) is 11.3 Å². The van der Waals surface area contributed by atoms with Crippen LogP contribution in [0, 0.1) is 18.6 Å². The van der Waals surface area contributed by atoms with Gasteiger partial charge in [-0.05, 0) is 70.4 Å². The third-order valence-corrected chi connectivity index (χ3v) is 9.44. The minimum atomic E-state index is -4.28. The standard InChI is InChI=1S/C35H41F2N5O6S/c1-19(2)27-29(20(3)13-14-38-27)42-32-22(17-24(37)28(39-32)26-23(36)11-10-12-25(26)47-8)30(31(33(42)43)49(9,45)46)40-15-16-41(21(4)18-40)34(44)48-35(5,6)7/h10-14,17,19,21H,15-16,18H2,1-9H3/t21-/m1/s1. The normalized spacial score (nSPS) is 15.6. The van der Waals surface area contributed by atoms with Crippen molar-refractivity contribution in [1.82, 2.24) is 19.4 Å². The highest BCUT2D eigenvalue weighted by Crippen LogP contribution is 2.40. The molecule has 4 heterocycles. The zero-order chi connectivity index (χ0) is 36.2. The van der Waals surface area contributed by atoms with Gasteiger partial charge in [-0.1, -0.05) is 19.9 Å². The predicted octanol–water partition coefficient (Wildman–Crippen LogP) is 6.02. The second-order valence-corrected chi connectivity index (χ2v) is 15.5. The molecular formula is C35H41F2N5O6S. The number of nitrogens with zero attached hydrogens (tertiary/aromatic N) is 5. The van der Waals surface area contributed by atoms with Crippen molar-refractivity contribution in [3.05, 3.63) is 69.8 Å². The Morgan fingerprint density at radius 2 is 1.78 bits per heavy atom. The number of methoxy groups -OCH3 is 1. The summed E-state index contributed by atoms with van der Waals surface area (Å²) in [6.07, 6.45) is 1.97. The Hall–Kier alpha value is -4.59. The lowest BCUT2D eigenvalue weighted by molar-refractivity contribution is 0.0159. The zero-order valence-corrected chi connectivity index (χ0v) is 29.9. The van der Waals surface area contributed by atoms with Crippen LogP contribution in [-0.2, 0) is 14.6 Å². The van der Waals surface area contributed by atoms with Crippen molar-refractivity contribution in [1.29, 1.82) is 0 Å². The van der Waals surface area contributed by atoms with Crippen LogP contribution in [0.15, 0.2) is 46.2 Å². The largest absolute Gasteiger partial charge is 0.496 e. The minimum Gasteiger partial charge on any atom is -0.496 e. The van der Waals surface area contributed by atoms with Crippen molar-refractivity contribution in [3.63, 3.8) is 0 Å². The van der Waals surface area contributed by atoms with Gasteiger partial charge in [0.2, 0.25) is 0 Å². The number of benzene rings is 1. The summed E-state index contributed by atoms with van der Waals surface area (Å²) in [6.45, 7) is 12.9. The van der Waals surface area contributed by atoms with Crippen LogP contribution in [0.1, 0.15) is 58.7 Å². The van der Waals surface area contributed by atoms with Crippen molar-refractivity contribution >= 4 is 32.7 Å². The fourth-order valence-corrected chi connectivity index (χ4v) is 7.22. The lowest BCUT2D eigenvalue weighted by atomic mass is 10.0. The summed E-state index contributed by atoms with van der Waals surface area (Å²) in [7, 11) is -2.96. The van der Waals surface area contributed by atoms with Crippen LogP contribution < -0.4 is 15.2 Å². The number of aromatic nitrogens is 3. The Balaban J connectivity index is 1.89. The SMILES string of the molecule is COc1cccc(F)c1-c1nc2c(cc1F)c(N1CCN(C(=O)OC(C)(C)C)[C@H](C)C1)c(S(C)(=O)=O)c(=O)n2-c1c(C)ccnc1C(C)C. The summed E-state index contributed by atoms with van der Waals surface area (Å²) in [5.74, 6) is -1.97. The van der Waals surface area contributed by atoms with E-state index in [-0.39, 0.29) is 59.3 Å². The molecule has 0 spiro atoms. The molecule has 262 valence electrons. The van der Waals surface area contributed by atoms with Crippen LogP contribution in [-0.4, -0.2) is 78.6 Å². The Labute approximate surface area is 284 Å². The maximum Gasteiger partial charge on any atom is 0.410 e. The molecule has 1 aromatic carbocycles. The first kappa shape index (κ1) is 35.7. The van der Waals surface area contributed by atoms with E-state index in [0.717, 1.165) is 23.0 Å². The van der Waals surface area contributed by atoms with Gasteiger partial charge in [0, 0.05) is 43.5 Å². The fourth-order valence-electron chi connectivity index (χ4n) is 6.22. The number of halogens is 2. The first-order valence-electron chi connectivity index (χ1n) is 15.9. The number of piperazine rings is 1. The molecule has 0 bridgehead atoms. The van der Waals surface area contributed by atoms with E-state index < -0.39 is 55.4 Å². The fraction of sp³-hybridized carbons (Fsp3) is 0.429. The number of pyridine rings is 3. The number of hydrogen-bond donors (Lipinski definition) is 0. The van der Waals surface area contributed by atoms with E-state index in [1.807, 2.05) is 13.8 Å². The van der Waals surface area contributed by atoms with Crippen LogP contribution in [0.5, 0.6) is 5.75 Å². The monoisotopic (exact) mass is 697 g/mol. The Bertz CT molecular complexity index is 2130. The van der Waals surface area contributed by atoms with Crippen molar-refractivity contribution in [2.75, 3.05) is 37.9 Å². The van der Waals surface area contributed by atoms with E-state index in [4.69, 9.17) is 9.47 Å². The van der Waals surface area contributed by atoms with Crippen LogP contribution in [0.2, 0.25) is 0 Å². The molecule has 5 rings (SSSR count). The maximum atomic E-state index is 16.4. The van der Waals surface area contributed by atoms with Gasteiger partial charge < -0.3 is 19.3 Å². The quantitative estimate of drug-likeness (QED) is 0.238. The molecule has 0 aliphatic carbocycles. The number of sulfone groups is 1. The first-order chi connectivity index (χ1) is 22.9.